The number of benzene rings is 1. The van der Waals surface area contributed by atoms with Crippen molar-refractivity contribution in [3.05, 3.63) is 61.8 Å². The fourth-order valence-corrected chi connectivity index (χ4v) is 2.40. The molecule has 2 aromatic rings. The standard InChI is InChI=1S/C12H12N2O2S.ClH/c1-8-4-5-9(7-10(8)14(15)16)12(13)11-3-2-6-17-11;/h2-7,12H,13H2,1H3;1H/t12-;/m1./s1. The van der Waals surface area contributed by atoms with E-state index in [4.69, 9.17) is 5.73 Å². The van der Waals surface area contributed by atoms with E-state index in [0.29, 0.717) is 5.56 Å². The second-order valence-electron chi connectivity index (χ2n) is 3.80. The number of nitro groups is 1. The molecule has 4 nitrogen and oxygen atoms in total. The Morgan fingerprint density at radius 1 is 1.39 bits per heavy atom. The summed E-state index contributed by atoms with van der Waals surface area (Å²) in [6.07, 6.45) is 0. The first-order valence-corrected chi connectivity index (χ1v) is 6.01. The summed E-state index contributed by atoms with van der Waals surface area (Å²) < 4.78 is 0. The Bertz CT molecular complexity index is 543. The van der Waals surface area contributed by atoms with Gasteiger partial charge in [-0.2, -0.15) is 0 Å². The van der Waals surface area contributed by atoms with E-state index in [9.17, 15) is 10.1 Å². The molecule has 0 unspecified atom stereocenters. The number of aryl methyl sites for hydroxylation is 1. The van der Waals surface area contributed by atoms with Crippen LogP contribution in [0.4, 0.5) is 5.69 Å². The summed E-state index contributed by atoms with van der Waals surface area (Å²) in [5.41, 5.74) is 7.61. The van der Waals surface area contributed by atoms with E-state index in [1.165, 1.54) is 0 Å². The van der Waals surface area contributed by atoms with Gasteiger partial charge in [0.2, 0.25) is 0 Å². The summed E-state index contributed by atoms with van der Waals surface area (Å²) >= 11 is 1.55. The minimum atomic E-state index is -0.375. The molecule has 18 heavy (non-hydrogen) atoms. The normalized spacial score (nSPS) is 11.7. The Balaban J connectivity index is 0.00000162. The molecule has 1 atom stereocenters. The Hall–Kier alpha value is -1.43. The maximum absolute atomic E-state index is 10.9. The van der Waals surface area contributed by atoms with E-state index in [1.807, 2.05) is 23.6 Å². The third-order valence-corrected chi connectivity index (χ3v) is 3.59. The van der Waals surface area contributed by atoms with Crippen LogP contribution in [0.15, 0.2) is 35.7 Å². The van der Waals surface area contributed by atoms with Gasteiger partial charge >= 0.3 is 0 Å². The van der Waals surface area contributed by atoms with E-state index in [0.717, 1.165) is 10.4 Å². The van der Waals surface area contributed by atoms with Crippen molar-refractivity contribution in [2.24, 2.45) is 5.73 Å². The van der Waals surface area contributed by atoms with Gasteiger partial charge in [-0.25, -0.2) is 0 Å². The molecule has 0 spiro atoms. The van der Waals surface area contributed by atoms with E-state index in [2.05, 4.69) is 0 Å². The summed E-state index contributed by atoms with van der Waals surface area (Å²) in [5, 5.41) is 12.8. The number of hydrogen-bond donors (Lipinski definition) is 1. The maximum Gasteiger partial charge on any atom is 0.272 e. The zero-order valence-corrected chi connectivity index (χ0v) is 11.3. The molecular formula is C12H13ClN2O2S. The smallest absolute Gasteiger partial charge is 0.272 e. The molecule has 0 aliphatic rings. The predicted octanol–water partition coefficient (Wildman–Crippen LogP) is 3.43. The van der Waals surface area contributed by atoms with E-state index >= 15 is 0 Å². The van der Waals surface area contributed by atoms with Crippen LogP contribution < -0.4 is 5.73 Å². The van der Waals surface area contributed by atoms with Gasteiger partial charge in [-0.05, 0) is 23.9 Å². The second kappa shape index (κ2) is 5.95. The third-order valence-electron chi connectivity index (χ3n) is 2.64. The highest BCUT2D eigenvalue weighted by Gasteiger charge is 2.16. The lowest BCUT2D eigenvalue weighted by Gasteiger charge is -2.10. The van der Waals surface area contributed by atoms with Crippen molar-refractivity contribution in [1.29, 1.82) is 0 Å². The molecule has 0 aliphatic carbocycles. The monoisotopic (exact) mass is 284 g/mol. The molecule has 2 N–H and O–H groups in total. The molecule has 0 bridgehead atoms. The maximum atomic E-state index is 10.9. The fourth-order valence-electron chi connectivity index (χ4n) is 1.65. The molecule has 0 saturated heterocycles. The molecule has 0 aliphatic heterocycles. The van der Waals surface area contributed by atoms with Crippen LogP contribution in [0, 0.1) is 17.0 Å². The van der Waals surface area contributed by atoms with Gasteiger partial charge in [-0.15, -0.1) is 23.7 Å². The van der Waals surface area contributed by atoms with E-state index in [1.54, 1.807) is 30.4 Å². The fraction of sp³-hybridized carbons (Fsp3) is 0.167. The Morgan fingerprint density at radius 2 is 2.11 bits per heavy atom. The molecule has 2 rings (SSSR count). The highest BCUT2D eigenvalue weighted by atomic mass is 35.5. The predicted molar refractivity (Wildman–Crippen MR) is 75.4 cm³/mol. The highest BCUT2D eigenvalue weighted by Crippen LogP contribution is 2.27. The van der Waals surface area contributed by atoms with Gasteiger partial charge in [0.15, 0.2) is 0 Å². The molecule has 0 amide bonds. The summed E-state index contributed by atoms with van der Waals surface area (Å²) in [4.78, 5) is 11.5. The number of nitrogens with zero attached hydrogens (tertiary/aromatic N) is 1. The van der Waals surface area contributed by atoms with E-state index < -0.39 is 0 Å². The average Bonchev–Trinajstić information content (AvgIpc) is 2.81. The summed E-state index contributed by atoms with van der Waals surface area (Å²) in [6.45, 7) is 1.72. The molecule has 0 fully saturated rings. The Kier molecular flexibility index (Phi) is 4.84. The first kappa shape index (κ1) is 14.6. The van der Waals surface area contributed by atoms with Gasteiger partial charge in [0.05, 0.1) is 11.0 Å². The van der Waals surface area contributed by atoms with Crippen LogP contribution in [0.3, 0.4) is 0 Å². The van der Waals surface area contributed by atoms with Crippen LogP contribution in [0.2, 0.25) is 0 Å². The van der Waals surface area contributed by atoms with Gasteiger partial charge in [0.1, 0.15) is 0 Å². The van der Waals surface area contributed by atoms with Gasteiger partial charge < -0.3 is 5.73 Å². The largest absolute Gasteiger partial charge is 0.320 e. The third kappa shape index (κ3) is 2.87. The SMILES string of the molecule is Cc1ccc([C@@H](N)c2cccs2)cc1[N+](=O)[O-].Cl. The average molecular weight is 285 g/mol. The second-order valence-corrected chi connectivity index (χ2v) is 4.78. The summed E-state index contributed by atoms with van der Waals surface area (Å²) in [6, 6.07) is 8.69. The molecule has 0 saturated carbocycles. The van der Waals surface area contributed by atoms with Gasteiger partial charge in [0, 0.05) is 16.5 Å². The van der Waals surface area contributed by atoms with Crippen LogP contribution in [0.1, 0.15) is 22.0 Å². The number of nitrogens with two attached hydrogens (primary N) is 1. The molecule has 6 heteroatoms. The quantitative estimate of drug-likeness (QED) is 0.693. The topological polar surface area (TPSA) is 69.2 Å². The lowest BCUT2D eigenvalue weighted by atomic mass is 10.0. The van der Waals surface area contributed by atoms with Gasteiger partial charge in [-0.3, -0.25) is 10.1 Å². The number of thiophene rings is 1. The van der Waals surface area contributed by atoms with E-state index in [-0.39, 0.29) is 29.1 Å². The van der Waals surface area contributed by atoms with Crippen molar-refractivity contribution < 1.29 is 4.92 Å². The number of rotatable bonds is 3. The van der Waals surface area contributed by atoms with Crippen LogP contribution >= 0.6 is 23.7 Å². The summed E-state index contributed by atoms with van der Waals surface area (Å²) in [7, 11) is 0. The van der Waals surface area contributed by atoms with Gasteiger partial charge in [-0.1, -0.05) is 18.2 Å². The molecule has 96 valence electrons. The molecule has 0 radical (unpaired) electrons. The minimum Gasteiger partial charge on any atom is -0.320 e. The lowest BCUT2D eigenvalue weighted by molar-refractivity contribution is -0.385. The van der Waals surface area contributed by atoms with Crippen LogP contribution in [-0.4, -0.2) is 4.92 Å². The van der Waals surface area contributed by atoms with Crippen molar-refractivity contribution in [2.45, 2.75) is 13.0 Å². The highest BCUT2D eigenvalue weighted by molar-refractivity contribution is 7.10. The van der Waals surface area contributed by atoms with Crippen molar-refractivity contribution >= 4 is 29.4 Å². The Morgan fingerprint density at radius 3 is 2.67 bits per heavy atom. The molecule has 1 aromatic carbocycles. The van der Waals surface area contributed by atoms with Crippen molar-refractivity contribution in [3.63, 3.8) is 0 Å². The van der Waals surface area contributed by atoms with Gasteiger partial charge in [0.25, 0.3) is 5.69 Å². The first-order valence-electron chi connectivity index (χ1n) is 5.13. The van der Waals surface area contributed by atoms with Crippen molar-refractivity contribution in [1.82, 2.24) is 0 Å². The lowest BCUT2D eigenvalue weighted by Crippen LogP contribution is -2.10. The zero-order chi connectivity index (χ0) is 12.4. The molecule has 1 aromatic heterocycles. The Labute approximate surface area is 115 Å². The number of hydrogen-bond acceptors (Lipinski definition) is 4. The minimum absolute atomic E-state index is 0. The first-order chi connectivity index (χ1) is 8.09. The zero-order valence-electron chi connectivity index (χ0n) is 9.70. The van der Waals surface area contributed by atoms with Crippen LogP contribution in [-0.2, 0) is 0 Å². The van der Waals surface area contributed by atoms with Crippen LogP contribution in [0.25, 0.3) is 0 Å². The van der Waals surface area contributed by atoms with Crippen LogP contribution in [0.5, 0.6) is 0 Å². The number of halogens is 1. The summed E-state index contributed by atoms with van der Waals surface area (Å²) in [5.74, 6) is 0. The van der Waals surface area contributed by atoms with Crippen molar-refractivity contribution in [3.8, 4) is 0 Å². The molecular weight excluding hydrogens is 272 g/mol. The van der Waals surface area contributed by atoms with Crippen molar-refractivity contribution in [2.75, 3.05) is 0 Å². The molecule has 1 heterocycles. The number of nitro benzene ring substituents is 1.